The zero-order chi connectivity index (χ0) is 39.8. The van der Waals surface area contributed by atoms with Crippen LogP contribution in [-0.2, 0) is 35.0 Å². The van der Waals surface area contributed by atoms with Gasteiger partial charge in [0, 0.05) is 24.9 Å². The van der Waals surface area contributed by atoms with Crippen LogP contribution < -0.4 is 20.5 Å². The first-order chi connectivity index (χ1) is 25.8. The lowest BCUT2D eigenvalue weighted by Gasteiger charge is -2.38. The van der Waals surface area contributed by atoms with E-state index in [-0.39, 0.29) is 23.8 Å². The van der Waals surface area contributed by atoms with Crippen molar-refractivity contribution in [2.45, 2.75) is 151 Å². The molecule has 1 aromatic carbocycles. The van der Waals surface area contributed by atoms with Crippen LogP contribution in [0.4, 0.5) is 0 Å². The van der Waals surface area contributed by atoms with Crippen LogP contribution in [0.25, 0.3) is 0 Å². The molecular weight excluding hydrogens is 684 g/mol. The smallest absolute Gasteiger partial charge is 0.220 e. The van der Waals surface area contributed by atoms with Crippen molar-refractivity contribution in [1.29, 1.82) is 0 Å². The molecular formula is C44H78N2O8. The quantitative estimate of drug-likeness (QED) is 0.0702. The van der Waals surface area contributed by atoms with Gasteiger partial charge in [0.05, 0.1) is 59.5 Å². The third kappa shape index (κ3) is 20.0. The number of amides is 2. The number of benzene rings is 1. The van der Waals surface area contributed by atoms with Gasteiger partial charge in [-0.2, -0.15) is 0 Å². The second kappa shape index (κ2) is 27.2. The van der Waals surface area contributed by atoms with E-state index in [0.29, 0.717) is 78.8 Å². The Kier molecular flexibility index (Phi) is 24.1. The maximum Gasteiger partial charge on any atom is 0.220 e. The molecule has 3 N–H and O–H groups in total. The van der Waals surface area contributed by atoms with E-state index >= 15 is 0 Å². The van der Waals surface area contributed by atoms with Crippen LogP contribution in [-0.4, -0.2) is 83.4 Å². The van der Waals surface area contributed by atoms with Crippen LogP contribution in [0.5, 0.6) is 11.5 Å². The lowest BCUT2D eigenvalue weighted by atomic mass is 9.83. The number of ether oxygens (including phenoxy) is 6. The van der Waals surface area contributed by atoms with Gasteiger partial charge in [-0.15, -0.1) is 0 Å². The van der Waals surface area contributed by atoms with E-state index in [1.807, 2.05) is 0 Å². The maximum absolute atomic E-state index is 12.4. The number of nitrogens with one attached hydrogen (secondary N) is 1. The van der Waals surface area contributed by atoms with Crippen molar-refractivity contribution in [3.8, 4) is 11.5 Å². The number of carbonyl (C=O) groups is 2. The minimum Gasteiger partial charge on any atom is -0.493 e. The molecule has 0 aliphatic carbocycles. The van der Waals surface area contributed by atoms with Crippen LogP contribution in [0.3, 0.4) is 0 Å². The van der Waals surface area contributed by atoms with Crippen LogP contribution in [0.15, 0.2) is 0 Å². The van der Waals surface area contributed by atoms with E-state index < -0.39 is 0 Å². The average molecular weight is 763 g/mol. The first-order valence-corrected chi connectivity index (χ1v) is 21.1. The predicted octanol–water partition coefficient (Wildman–Crippen LogP) is 8.35. The molecule has 0 spiro atoms. The van der Waals surface area contributed by atoms with E-state index in [4.69, 9.17) is 34.2 Å². The Balaban J connectivity index is 1.59. The molecule has 3 atom stereocenters. The Hall–Kier alpha value is -2.40. The van der Waals surface area contributed by atoms with E-state index in [9.17, 15) is 9.59 Å². The van der Waals surface area contributed by atoms with Gasteiger partial charge in [0.1, 0.15) is 17.1 Å². The van der Waals surface area contributed by atoms with Crippen LogP contribution >= 0.6 is 0 Å². The molecule has 0 unspecified atom stereocenters. The van der Waals surface area contributed by atoms with Gasteiger partial charge in [-0.3, -0.25) is 9.59 Å². The monoisotopic (exact) mass is 763 g/mol. The molecule has 10 nitrogen and oxygen atoms in total. The third-order valence-electron chi connectivity index (χ3n) is 10.8. The Labute approximate surface area is 328 Å². The Morgan fingerprint density at radius 2 is 1.26 bits per heavy atom. The number of nitrogens with two attached hydrogens (primary N) is 1. The van der Waals surface area contributed by atoms with E-state index in [0.717, 1.165) is 54.1 Å². The molecule has 2 rings (SSSR count). The first kappa shape index (κ1) is 47.8. The predicted molar refractivity (Wildman–Crippen MR) is 218 cm³/mol. The number of rotatable bonds is 32. The summed E-state index contributed by atoms with van der Waals surface area (Å²) in [6.07, 6.45) is 15.0. The Morgan fingerprint density at radius 1 is 0.704 bits per heavy atom. The van der Waals surface area contributed by atoms with Crippen molar-refractivity contribution in [3.63, 3.8) is 0 Å². The summed E-state index contributed by atoms with van der Waals surface area (Å²) >= 11 is 0. The standard InChI is InChI=1S/C44H78N2O8/c1-33(2)13-9-14-34(3)15-10-16-35(4)17-11-21-44(8)22-19-39-38(7)42(36(5)37(6)43(39)54-44)53-24-12-18-41(48)46-23-26-50-28-30-52-32-31-51-29-27-49-25-20-40(45)47/h33-35H,9-32H2,1-8H3,(H2,45,47)(H,46,48)/t34-,35-,44-/m1/s1. The fraction of sp³-hybridized carbons (Fsp3) is 0.818. The van der Waals surface area contributed by atoms with Crippen molar-refractivity contribution in [1.82, 2.24) is 5.32 Å². The lowest BCUT2D eigenvalue weighted by Crippen LogP contribution is -2.37. The molecule has 1 heterocycles. The second-order valence-corrected chi connectivity index (χ2v) is 16.4. The fourth-order valence-electron chi connectivity index (χ4n) is 7.17. The van der Waals surface area contributed by atoms with Gasteiger partial charge in [-0.25, -0.2) is 0 Å². The molecule has 0 bridgehead atoms. The molecule has 0 saturated carbocycles. The van der Waals surface area contributed by atoms with Gasteiger partial charge < -0.3 is 39.5 Å². The van der Waals surface area contributed by atoms with Gasteiger partial charge in [-0.1, -0.05) is 72.6 Å². The Morgan fingerprint density at radius 3 is 1.85 bits per heavy atom. The van der Waals surface area contributed by atoms with Gasteiger partial charge in [0.2, 0.25) is 11.8 Å². The van der Waals surface area contributed by atoms with Crippen LogP contribution in [0.1, 0.15) is 140 Å². The second-order valence-electron chi connectivity index (χ2n) is 16.4. The summed E-state index contributed by atoms with van der Waals surface area (Å²) in [5, 5.41) is 2.92. The fourth-order valence-corrected chi connectivity index (χ4v) is 7.17. The minimum atomic E-state index is -0.376. The molecule has 0 saturated heterocycles. The van der Waals surface area contributed by atoms with Gasteiger partial charge in [-0.05, 0) is 94.2 Å². The molecule has 0 aromatic heterocycles. The van der Waals surface area contributed by atoms with Crippen LogP contribution in [0, 0.1) is 38.5 Å². The van der Waals surface area contributed by atoms with Crippen molar-refractivity contribution in [2.24, 2.45) is 23.5 Å². The zero-order valence-corrected chi connectivity index (χ0v) is 35.5. The third-order valence-corrected chi connectivity index (χ3v) is 10.8. The number of fused-ring (bicyclic) bond motifs is 1. The van der Waals surface area contributed by atoms with Gasteiger partial charge in [0.25, 0.3) is 0 Å². The van der Waals surface area contributed by atoms with Crippen molar-refractivity contribution < 1.29 is 38.0 Å². The summed E-state index contributed by atoms with van der Waals surface area (Å²) in [6.45, 7) is 22.6. The molecule has 1 aromatic rings. The summed E-state index contributed by atoms with van der Waals surface area (Å²) < 4.78 is 34.8. The summed E-state index contributed by atoms with van der Waals surface area (Å²) in [5.41, 5.74) is 9.67. The lowest BCUT2D eigenvalue weighted by molar-refractivity contribution is -0.121. The van der Waals surface area contributed by atoms with E-state index in [1.165, 1.54) is 68.1 Å². The summed E-state index contributed by atoms with van der Waals surface area (Å²) in [5.74, 6) is 4.07. The zero-order valence-electron chi connectivity index (χ0n) is 35.5. The maximum atomic E-state index is 12.4. The van der Waals surface area contributed by atoms with E-state index in [2.05, 4.69) is 60.7 Å². The van der Waals surface area contributed by atoms with E-state index in [1.54, 1.807) is 0 Å². The molecule has 54 heavy (non-hydrogen) atoms. The highest BCUT2D eigenvalue weighted by Crippen LogP contribution is 2.45. The van der Waals surface area contributed by atoms with Crippen LogP contribution in [0.2, 0.25) is 0 Å². The molecule has 10 heteroatoms. The molecule has 1 aliphatic heterocycles. The average Bonchev–Trinajstić information content (AvgIpc) is 3.11. The number of primary amides is 1. The molecule has 2 amide bonds. The molecule has 0 radical (unpaired) electrons. The van der Waals surface area contributed by atoms with Gasteiger partial charge >= 0.3 is 0 Å². The summed E-state index contributed by atoms with van der Waals surface area (Å²) in [4.78, 5) is 23.0. The highest BCUT2D eigenvalue weighted by Gasteiger charge is 2.34. The van der Waals surface area contributed by atoms with Crippen molar-refractivity contribution >= 4 is 11.8 Å². The molecule has 312 valence electrons. The van der Waals surface area contributed by atoms with Crippen molar-refractivity contribution in [2.75, 3.05) is 66.0 Å². The summed E-state index contributed by atoms with van der Waals surface area (Å²) in [6, 6.07) is 0. The Bertz CT molecular complexity index is 1210. The van der Waals surface area contributed by atoms with Gasteiger partial charge in [0.15, 0.2) is 0 Å². The normalized spacial score (nSPS) is 16.5. The SMILES string of the molecule is Cc1c(C)c2c(c(C)c1OCCCC(=O)NCCOCCOCCOCCOCCC(N)=O)CC[C@@](C)(CCC[C@H](C)CCC[C@H](C)CCCC(C)C)O2. The highest BCUT2D eigenvalue weighted by atomic mass is 16.6. The molecule has 1 aliphatic rings. The number of carbonyl (C=O) groups excluding carboxylic acids is 2. The van der Waals surface area contributed by atoms with Crippen molar-refractivity contribution in [3.05, 3.63) is 22.3 Å². The molecule has 0 fully saturated rings. The number of hydrogen-bond acceptors (Lipinski definition) is 8. The minimum absolute atomic E-state index is 0.00605. The summed E-state index contributed by atoms with van der Waals surface area (Å²) in [7, 11) is 0. The topological polar surface area (TPSA) is 128 Å². The number of hydrogen-bond donors (Lipinski definition) is 2. The largest absolute Gasteiger partial charge is 0.493 e. The first-order valence-electron chi connectivity index (χ1n) is 21.1. The highest BCUT2D eigenvalue weighted by molar-refractivity contribution is 5.75.